The van der Waals surface area contributed by atoms with Crippen molar-refractivity contribution in [1.29, 1.82) is 0 Å². The molecule has 0 bridgehead atoms. The van der Waals surface area contributed by atoms with Gasteiger partial charge in [0.05, 0.1) is 18.6 Å². The third-order valence-corrected chi connectivity index (χ3v) is 5.84. The number of benzene rings is 2. The van der Waals surface area contributed by atoms with Crippen LogP contribution in [0.1, 0.15) is 11.3 Å². The highest BCUT2D eigenvalue weighted by atomic mass is 35.5. The summed E-state index contributed by atoms with van der Waals surface area (Å²) in [7, 11) is 0. The van der Waals surface area contributed by atoms with Gasteiger partial charge in [0.25, 0.3) is 0 Å². The van der Waals surface area contributed by atoms with E-state index in [9.17, 15) is 4.79 Å². The van der Waals surface area contributed by atoms with Gasteiger partial charge in [-0.15, -0.1) is 10.2 Å². The van der Waals surface area contributed by atoms with Crippen LogP contribution >= 0.6 is 23.4 Å². The van der Waals surface area contributed by atoms with Crippen molar-refractivity contribution >= 4 is 29.3 Å². The van der Waals surface area contributed by atoms with Crippen LogP contribution in [0, 0.1) is 0 Å². The molecule has 0 saturated carbocycles. The van der Waals surface area contributed by atoms with Gasteiger partial charge in [0, 0.05) is 17.1 Å². The van der Waals surface area contributed by atoms with Crippen LogP contribution in [0.15, 0.2) is 82.6 Å². The first-order valence-electron chi connectivity index (χ1n) is 9.84. The van der Waals surface area contributed by atoms with Gasteiger partial charge >= 0.3 is 0 Å². The standard InChI is InChI=1S/C23H21ClN4O2S/c24-19-10-8-17(9-11-19)12-13-25-21(29)16-31-23-27-26-22(18-5-2-1-3-6-18)28(23)15-20-7-4-14-30-20/h1-11,14H,12-13,15-16H2,(H,25,29). The Labute approximate surface area is 189 Å². The Morgan fingerprint density at radius 2 is 1.84 bits per heavy atom. The second-order valence-electron chi connectivity index (χ2n) is 6.85. The molecular weight excluding hydrogens is 432 g/mol. The minimum atomic E-state index is -0.0484. The number of rotatable bonds is 9. The van der Waals surface area contributed by atoms with E-state index in [4.69, 9.17) is 16.0 Å². The summed E-state index contributed by atoms with van der Waals surface area (Å²) in [4.78, 5) is 12.3. The summed E-state index contributed by atoms with van der Waals surface area (Å²) in [6, 6.07) is 21.2. The predicted molar refractivity (Wildman–Crippen MR) is 122 cm³/mol. The average molecular weight is 453 g/mol. The molecule has 1 N–H and O–H groups in total. The molecule has 158 valence electrons. The number of thioether (sulfide) groups is 1. The highest BCUT2D eigenvalue weighted by Gasteiger charge is 2.16. The third kappa shape index (κ3) is 5.77. The van der Waals surface area contributed by atoms with Crippen LogP contribution in [-0.2, 0) is 17.8 Å². The smallest absolute Gasteiger partial charge is 0.230 e. The topological polar surface area (TPSA) is 73.0 Å². The Kier molecular flexibility index (Phi) is 7.07. The van der Waals surface area contributed by atoms with Crippen LogP contribution in [0.4, 0.5) is 0 Å². The number of hydrogen-bond donors (Lipinski definition) is 1. The van der Waals surface area contributed by atoms with Crippen molar-refractivity contribution in [2.75, 3.05) is 12.3 Å². The third-order valence-electron chi connectivity index (χ3n) is 4.62. The van der Waals surface area contributed by atoms with Crippen LogP contribution in [-0.4, -0.2) is 33.0 Å². The van der Waals surface area contributed by atoms with Crippen molar-refractivity contribution in [3.8, 4) is 11.4 Å². The number of amides is 1. The number of nitrogens with zero attached hydrogens (tertiary/aromatic N) is 3. The van der Waals surface area contributed by atoms with Crippen LogP contribution in [0.3, 0.4) is 0 Å². The van der Waals surface area contributed by atoms with Gasteiger partial charge in [0.15, 0.2) is 11.0 Å². The fourth-order valence-corrected chi connectivity index (χ4v) is 3.97. The second-order valence-corrected chi connectivity index (χ2v) is 8.23. The molecule has 4 rings (SSSR count). The van der Waals surface area contributed by atoms with Gasteiger partial charge in [-0.05, 0) is 36.2 Å². The van der Waals surface area contributed by atoms with Crippen molar-refractivity contribution in [3.05, 3.63) is 89.3 Å². The average Bonchev–Trinajstić information content (AvgIpc) is 3.45. The van der Waals surface area contributed by atoms with Crippen molar-refractivity contribution in [2.45, 2.75) is 18.1 Å². The number of nitrogens with one attached hydrogen (secondary N) is 1. The van der Waals surface area contributed by atoms with E-state index in [1.807, 2.05) is 71.3 Å². The Morgan fingerprint density at radius 1 is 1.03 bits per heavy atom. The highest BCUT2D eigenvalue weighted by Crippen LogP contribution is 2.25. The molecule has 2 heterocycles. The molecular formula is C23H21ClN4O2S. The lowest BCUT2D eigenvalue weighted by atomic mass is 10.1. The van der Waals surface area contributed by atoms with E-state index in [0.29, 0.717) is 23.3 Å². The predicted octanol–water partition coefficient (Wildman–Crippen LogP) is 4.69. The fourth-order valence-electron chi connectivity index (χ4n) is 3.08. The lowest BCUT2D eigenvalue weighted by Crippen LogP contribution is -2.27. The van der Waals surface area contributed by atoms with Gasteiger partial charge in [-0.1, -0.05) is 65.8 Å². The number of carbonyl (C=O) groups is 1. The normalized spacial score (nSPS) is 10.9. The Balaban J connectivity index is 1.38. The lowest BCUT2D eigenvalue weighted by Gasteiger charge is -2.09. The molecule has 4 aromatic rings. The van der Waals surface area contributed by atoms with Gasteiger partial charge in [0.2, 0.25) is 5.91 Å². The van der Waals surface area contributed by atoms with Gasteiger partial charge in [-0.3, -0.25) is 9.36 Å². The van der Waals surface area contributed by atoms with Crippen molar-refractivity contribution in [1.82, 2.24) is 20.1 Å². The maximum atomic E-state index is 12.3. The summed E-state index contributed by atoms with van der Waals surface area (Å²) >= 11 is 7.26. The number of carbonyl (C=O) groups excluding carboxylic acids is 1. The molecule has 0 fully saturated rings. The van der Waals surface area contributed by atoms with Crippen LogP contribution in [0.5, 0.6) is 0 Å². The molecule has 0 aliphatic heterocycles. The Bertz CT molecular complexity index is 1110. The SMILES string of the molecule is O=C(CSc1nnc(-c2ccccc2)n1Cc1ccco1)NCCc1ccc(Cl)cc1. The molecule has 0 spiro atoms. The molecule has 1 amide bonds. The highest BCUT2D eigenvalue weighted by molar-refractivity contribution is 7.99. The van der Waals surface area contributed by atoms with Gasteiger partial charge in [-0.2, -0.15) is 0 Å². The van der Waals surface area contributed by atoms with E-state index < -0.39 is 0 Å². The molecule has 31 heavy (non-hydrogen) atoms. The molecule has 0 aliphatic rings. The zero-order valence-electron chi connectivity index (χ0n) is 16.7. The summed E-state index contributed by atoms with van der Waals surface area (Å²) in [5.41, 5.74) is 2.09. The second kappa shape index (κ2) is 10.3. The van der Waals surface area contributed by atoms with E-state index in [2.05, 4.69) is 15.5 Å². The van der Waals surface area contributed by atoms with E-state index in [0.717, 1.165) is 29.1 Å². The largest absolute Gasteiger partial charge is 0.467 e. The maximum absolute atomic E-state index is 12.3. The molecule has 0 atom stereocenters. The number of halogens is 1. The van der Waals surface area contributed by atoms with Crippen molar-refractivity contribution in [2.24, 2.45) is 0 Å². The molecule has 0 saturated heterocycles. The molecule has 2 aromatic heterocycles. The van der Waals surface area contributed by atoms with E-state index >= 15 is 0 Å². The first-order valence-corrected chi connectivity index (χ1v) is 11.2. The van der Waals surface area contributed by atoms with E-state index in [1.165, 1.54) is 11.8 Å². The molecule has 8 heteroatoms. The Hall–Kier alpha value is -3.03. The molecule has 0 aliphatic carbocycles. The lowest BCUT2D eigenvalue weighted by molar-refractivity contribution is -0.118. The molecule has 2 aromatic carbocycles. The molecule has 0 radical (unpaired) electrons. The van der Waals surface area contributed by atoms with E-state index in [1.54, 1.807) is 6.26 Å². The van der Waals surface area contributed by atoms with Crippen LogP contribution in [0.25, 0.3) is 11.4 Å². The number of aromatic nitrogens is 3. The Morgan fingerprint density at radius 3 is 2.58 bits per heavy atom. The summed E-state index contributed by atoms with van der Waals surface area (Å²) in [5, 5.41) is 13.0. The van der Waals surface area contributed by atoms with Gasteiger partial charge < -0.3 is 9.73 Å². The molecule has 6 nitrogen and oxygen atoms in total. The first kappa shape index (κ1) is 21.2. The zero-order chi connectivity index (χ0) is 21.5. The first-order chi connectivity index (χ1) is 15.2. The molecule has 0 unspecified atom stereocenters. The zero-order valence-corrected chi connectivity index (χ0v) is 18.3. The number of furan rings is 1. The van der Waals surface area contributed by atoms with Gasteiger partial charge in [-0.25, -0.2) is 0 Å². The summed E-state index contributed by atoms with van der Waals surface area (Å²) in [6.07, 6.45) is 2.39. The fraction of sp³-hybridized carbons (Fsp3) is 0.174. The minimum Gasteiger partial charge on any atom is -0.467 e. The van der Waals surface area contributed by atoms with Crippen LogP contribution < -0.4 is 5.32 Å². The summed E-state index contributed by atoms with van der Waals surface area (Å²) in [6.45, 7) is 1.06. The summed E-state index contributed by atoms with van der Waals surface area (Å²) in [5.74, 6) is 1.74. The maximum Gasteiger partial charge on any atom is 0.230 e. The van der Waals surface area contributed by atoms with E-state index in [-0.39, 0.29) is 11.7 Å². The quantitative estimate of drug-likeness (QED) is 0.373. The number of hydrogen-bond acceptors (Lipinski definition) is 5. The van der Waals surface area contributed by atoms with Crippen molar-refractivity contribution < 1.29 is 9.21 Å². The monoisotopic (exact) mass is 452 g/mol. The van der Waals surface area contributed by atoms with Crippen LogP contribution in [0.2, 0.25) is 5.02 Å². The van der Waals surface area contributed by atoms with Gasteiger partial charge in [0.1, 0.15) is 5.76 Å². The minimum absolute atomic E-state index is 0.0484. The van der Waals surface area contributed by atoms with Crippen molar-refractivity contribution in [3.63, 3.8) is 0 Å². The summed E-state index contributed by atoms with van der Waals surface area (Å²) < 4.78 is 7.48.